The fourth-order valence-electron chi connectivity index (χ4n) is 4.59. The van der Waals surface area contributed by atoms with E-state index in [1.165, 1.54) is 0 Å². The summed E-state index contributed by atoms with van der Waals surface area (Å²) in [5.74, 6) is 0.684. The van der Waals surface area contributed by atoms with Crippen molar-refractivity contribution >= 4 is 33.3 Å². The van der Waals surface area contributed by atoms with Crippen LogP contribution in [0.15, 0.2) is 65.5 Å². The van der Waals surface area contributed by atoms with E-state index in [2.05, 4.69) is 37.4 Å². The molecular weight excluding hydrogens is 518 g/mol. The number of hydrogen-bond donors (Lipinski definition) is 1. The van der Waals surface area contributed by atoms with Crippen LogP contribution in [-0.2, 0) is 6.54 Å². The molecule has 36 heavy (non-hydrogen) atoms. The number of amides is 1. The molecule has 2 unspecified atom stereocenters. The van der Waals surface area contributed by atoms with Crippen molar-refractivity contribution in [3.63, 3.8) is 0 Å². The molecule has 9 heteroatoms. The topological polar surface area (TPSA) is 99.2 Å². The fraction of sp³-hybridized carbons (Fsp3) is 0.296. The number of benzene rings is 1. The number of likely N-dealkylation sites (tertiary alicyclic amines) is 1. The van der Waals surface area contributed by atoms with Gasteiger partial charge in [-0.2, -0.15) is 14.9 Å². The van der Waals surface area contributed by atoms with Crippen molar-refractivity contribution in [1.29, 1.82) is 5.26 Å². The highest BCUT2D eigenvalue weighted by atomic mass is 79.9. The van der Waals surface area contributed by atoms with Crippen LogP contribution in [0.1, 0.15) is 58.8 Å². The van der Waals surface area contributed by atoms with Gasteiger partial charge in [0, 0.05) is 49.6 Å². The number of nitriles is 1. The molecule has 182 valence electrons. The van der Waals surface area contributed by atoms with Gasteiger partial charge in [-0.3, -0.25) is 9.78 Å². The number of nitrogens with zero attached hydrogens (tertiary/aromatic N) is 6. The quantitative estimate of drug-likeness (QED) is 0.361. The van der Waals surface area contributed by atoms with Crippen LogP contribution < -0.4 is 5.32 Å². The molecule has 1 fully saturated rings. The molecule has 1 aliphatic rings. The molecule has 1 aromatic carbocycles. The SMILES string of the molecule is CC(C#N)c1cccc(C(=O)N2CCCC(c3cc(NCc4cccnc4)n4ncc(Br)c4n3)C2)c1. The molecule has 5 rings (SSSR count). The zero-order valence-corrected chi connectivity index (χ0v) is 21.5. The number of rotatable bonds is 6. The van der Waals surface area contributed by atoms with Crippen molar-refractivity contribution in [2.24, 2.45) is 0 Å². The second kappa shape index (κ2) is 10.5. The van der Waals surface area contributed by atoms with Gasteiger partial charge in [-0.15, -0.1) is 0 Å². The number of fused-ring (bicyclic) bond motifs is 1. The van der Waals surface area contributed by atoms with Crippen LogP contribution in [0.25, 0.3) is 5.65 Å². The highest BCUT2D eigenvalue weighted by Crippen LogP contribution is 2.30. The van der Waals surface area contributed by atoms with Gasteiger partial charge in [0.1, 0.15) is 5.82 Å². The van der Waals surface area contributed by atoms with E-state index in [0.29, 0.717) is 25.2 Å². The molecule has 0 radical (unpaired) electrons. The third-order valence-corrected chi connectivity index (χ3v) is 7.16. The van der Waals surface area contributed by atoms with Crippen LogP contribution in [-0.4, -0.2) is 43.5 Å². The monoisotopic (exact) mass is 543 g/mol. The molecule has 1 aliphatic heterocycles. The zero-order valence-electron chi connectivity index (χ0n) is 19.9. The van der Waals surface area contributed by atoms with Crippen molar-refractivity contribution in [2.75, 3.05) is 18.4 Å². The predicted octanol–water partition coefficient (Wildman–Crippen LogP) is 5.15. The van der Waals surface area contributed by atoms with Gasteiger partial charge < -0.3 is 10.2 Å². The largest absolute Gasteiger partial charge is 0.366 e. The van der Waals surface area contributed by atoms with Crippen LogP contribution in [0.3, 0.4) is 0 Å². The van der Waals surface area contributed by atoms with Crippen LogP contribution in [0.5, 0.6) is 0 Å². The van der Waals surface area contributed by atoms with Gasteiger partial charge in [-0.1, -0.05) is 18.2 Å². The van der Waals surface area contributed by atoms with E-state index in [1.807, 2.05) is 60.5 Å². The molecule has 1 saturated heterocycles. The minimum atomic E-state index is -0.255. The Hall–Kier alpha value is -3.77. The summed E-state index contributed by atoms with van der Waals surface area (Å²) in [4.78, 5) is 24.4. The lowest BCUT2D eigenvalue weighted by molar-refractivity contribution is 0.0706. The molecule has 0 saturated carbocycles. The summed E-state index contributed by atoms with van der Waals surface area (Å²) in [7, 11) is 0. The van der Waals surface area contributed by atoms with Crippen LogP contribution in [0.2, 0.25) is 0 Å². The van der Waals surface area contributed by atoms with Crippen LogP contribution in [0, 0.1) is 11.3 Å². The van der Waals surface area contributed by atoms with Crippen molar-refractivity contribution in [3.05, 3.63) is 87.9 Å². The molecule has 4 aromatic rings. The van der Waals surface area contributed by atoms with E-state index < -0.39 is 0 Å². The number of hydrogen-bond acceptors (Lipinski definition) is 6. The van der Waals surface area contributed by atoms with Gasteiger partial charge in [0.05, 0.1) is 28.4 Å². The Kier molecular flexibility index (Phi) is 6.96. The van der Waals surface area contributed by atoms with E-state index in [-0.39, 0.29) is 17.7 Å². The number of carbonyl (C=O) groups is 1. The third kappa shape index (κ3) is 4.95. The minimum absolute atomic E-state index is 0.00627. The molecule has 3 aromatic heterocycles. The second-order valence-corrected chi connectivity index (χ2v) is 9.93. The molecule has 8 nitrogen and oxygen atoms in total. The number of aromatic nitrogens is 4. The highest BCUT2D eigenvalue weighted by molar-refractivity contribution is 9.10. The maximum absolute atomic E-state index is 13.4. The summed E-state index contributed by atoms with van der Waals surface area (Å²) in [6.45, 7) is 3.75. The Bertz CT molecular complexity index is 1430. The first-order valence-corrected chi connectivity index (χ1v) is 12.8. The molecule has 2 atom stereocenters. The molecule has 0 spiro atoms. The number of carbonyl (C=O) groups excluding carboxylic acids is 1. The highest BCUT2D eigenvalue weighted by Gasteiger charge is 2.28. The van der Waals surface area contributed by atoms with E-state index in [9.17, 15) is 10.1 Å². The molecule has 1 amide bonds. The van der Waals surface area contributed by atoms with E-state index in [1.54, 1.807) is 16.9 Å². The maximum atomic E-state index is 13.4. The summed E-state index contributed by atoms with van der Waals surface area (Å²) in [6, 6.07) is 15.6. The average molecular weight is 544 g/mol. The Morgan fingerprint density at radius 1 is 1.28 bits per heavy atom. The summed E-state index contributed by atoms with van der Waals surface area (Å²) in [6.07, 6.45) is 7.19. The molecule has 0 bridgehead atoms. The number of halogens is 1. The summed E-state index contributed by atoms with van der Waals surface area (Å²) in [5, 5.41) is 17.2. The van der Waals surface area contributed by atoms with Gasteiger partial charge in [-0.25, -0.2) is 4.98 Å². The maximum Gasteiger partial charge on any atom is 0.253 e. The molecule has 1 N–H and O–H groups in total. The Morgan fingerprint density at radius 3 is 2.97 bits per heavy atom. The van der Waals surface area contributed by atoms with Crippen molar-refractivity contribution in [3.8, 4) is 6.07 Å². The van der Waals surface area contributed by atoms with E-state index in [0.717, 1.165) is 45.6 Å². The van der Waals surface area contributed by atoms with Crippen molar-refractivity contribution in [1.82, 2.24) is 24.5 Å². The second-order valence-electron chi connectivity index (χ2n) is 9.08. The number of anilines is 1. The van der Waals surface area contributed by atoms with Crippen LogP contribution >= 0.6 is 15.9 Å². The lowest BCUT2D eigenvalue weighted by Gasteiger charge is -2.33. The lowest BCUT2D eigenvalue weighted by Crippen LogP contribution is -2.39. The Balaban J connectivity index is 1.39. The number of pyridine rings is 1. The number of nitrogens with one attached hydrogen (secondary N) is 1. The lowest BCUT2D eigenvalue weighted by atomic mass is 9.93. The van der Waals surface area contributed by atoms with Gasteiger partial charge in [0.2, 0.25) is 0 Å². The molecule has 4 heterocycles. The van der Waals surface area contributed by atoms with E-state index in [4.69, 9.17) is 4.98 Å². The first kappa shape index (κ1) is 23.9. The van der Waals surface area contributed by atoms with Gasteiger partial charge in [0.25, 0.3) is 5.91 Å². The van der Waals surface area contributed by atoms with Gasteiger partial charge in [0.15, 0.2) is 5.65 Å². The van der Waals surface area contributed by atoms with Gasteiger partial charge >= 0.3 is 0 Å². The summed E-state index contributed by atoms with van der Waals surface area (Å²) >= 11 is 3.57. The zero-order chi connectivity index (χ0) is 25.1. The van der Waals surface area contributed by atoms with Gasteiger partial charge in [-0.05, 0) is 65.0 Å². The molecular formula is C27H26BrN7O. The fourth-order valence-corrected chi connectivity index (χ4v) is 4.93. The Labute approximate surface area is 218 Å². The molecule has 0 aliphatic carbocycles. The first-order valence-electron chi connectivity index (χ1n) is 12.0. The Morgan fingerprint density at radius 2 is 2.17 bits per heavy atom. The minimum Gasteiger partial charge on any atom is -0.366 e. The average Bonchev–Trinajstić information content (AvgIpc) is 3.32. The number of piperidine rings is 1. The third-order valence-electron chi connectivity index (χ3n) is 6.60. The first-order chi connectivity index (χ1) is 17.5. The van der Waals surface area contributed by atoms with Crippen LogP contribution in [0.4, 0.5) is 5.82 Å². The predicted molar refractivity (Wildman–Crippen MR) is 141 cm³/mol. The standard InChI is InChI=1S/C27H26BrN7O/c1-18(13-29)20-6-2-7-21(11-20)27(36)34-10-4-8-22(17-34)24-12-25(31-15-19-5-3-9-30-14-19)35-26(33-24)23(28)16-32-35/h2-3,5-7,9,11-12,14,16,18,22,31H,4,8,10,15,17H2,1H3. The smallest absolute Gasteiger partial charge is 0.253 e. The summed E-state index contributed by atoms with van der Waals surface area (Å²) in [5.41, 5.74) is 4.22. The van der Waals surface area contributed by atoms with E-state index >= 15 is 0 Å². The van der Waals surface area contributed by atoms with Crippen molar-refractivity contribution < 1.29 is 4.79 Å². The summed E-state index contributed by atoms with van der Waals surface area (Å²) < 4.78 is 2.61. The normalized spacial score (nSPS) is 16.5. The van der Waals surface area contributed by atoms with Crippen molar-refractivity contribution in [2.45, 2.75) is 38.1 Å².